The first kappa shape index (κ1) is 17.8. The van der Waals surface area contributed by atoms with E-state index in [0.29, 0.717) is 23.6 Å². The number of ether oxygens (including phenoxy) is 2. The molecule has 1 N–H and O–H groups in total. The summed E-state index contributed by atoms with van der Waals surface area (Å²) in [6, 6.07) is 14.4. The highest BCUT2D eigenvalue weighted by atomic mass is 16.5. The van der Waals surface area contributed by atoms with Crippen molar-refractivity contribution in [2.24, 2.45) is 5.92 Å². The third kappa shape index (κ3) is 3.35. The molecule has 3 rings (SSSR count). The predicted octanol–water partition coefficient (Wildman–Crippen LogP) is 2.64. The van der Waals surface area contributed by atoms with Crippen molar-refractivity contribution in [1.82, 2.24) is 4.90 Å². The lowest BCUT2D eigenvalue weighted by Gasteiger charge is -2.18. The van der Waals surface area contributed by atoms with Gasteiger partial charge in [-0.2, -0.15) is 0 Å². The number of rotatable bonds is 5. The quantitative estimate of drug-likeness (QED) is 0.892. The van der Waals surface area contributed by atoms with Gasteiger partial charge in [-0.05, 0) is 17.7 Å². The number of hydrogen-bond donors (Lipinski definition) is 1. The zero-order valence-corrected chi connectivity index (χ0v) is 14.7. The fourth-order valence-electron chi connectivity index (χ4n) is 3.40. The van der Waals surface area contributed by atoms with E-state index in [9.17, 15) is 14.7 Å². The van der Waals surface area contributed by atoms with Gasteiger partial charge < -0.3 is 19.5 Å². The number of carboxylic acid groups (broad SMARTS) is 1. The minimum Gasteiger partial charge on any atom is -0.497 e. The van der Waals surface area contributed by atoms with Crippen LogP contribution in [-0.4, -0.2) is 49.2 Å². The summed E-state index contributed by atoms with van der Waals surface area (Å²) in [5.41, 5.74) is 1.32. The van der Waals surface area contributed by atoms with Crippen LogP contribution in [0.5, 0.6) is 11.5 Å². The lowest BCUT2D eigenvalue weighted by Crippen LogP contribution is -2.30. The van der Waals surface area contributed by atoms with E-state index in [4.69, 9.17) is 9.47 Å². The van der Waals surface area contributed by atoms with E-state index >= 15 is 0 Å². The number of carboxylic acids is 1. The van der Waals surface area contributed by atoms with Gasteiger partial charge in [-0.15, -0.1) is 0 Å². The summed E-state index contributed by atoms with van der Waals surface area (Å²) in [5.74, 6) is -1.01. The van der Waals surface area contributed by atoms with Gasteiger partial charge in [0.1, 0.15) is 11.5 Å². The molecule has 0 aromatic heterocycles. The molecule has 1 heterocycles. The topological polar surface area (TPSA) is 76.1 Å². The Labute approximate surface area is 152 Å². The van der Waals surface area contributed by atoms with Gasteiger partial charge in [-0.25, -0.2) is 0 Å². The standard InChI is InChI=1S/C20H21NO5/c1-25-14-8-9-15(18(10-14)26-2)19(22)21-11-16(17(12-21)20(23)24)13-6-4-3-5-7-13/h3-10,16-17H,11-12H2,1-2H3,(H,23,24)/t16-,17-/m0/s1. The van der Waals surface area contributed by atoms with Gasteiger partial charge in [0.25, 0.3) is 5.91 Å². The van der Waals surface area contributed by atoms with E-state index in [2.05, 4.69) is 0 Å². The second-order valence-corrected chi connectivity index (χ2v) is 6.24. The number of nitrogens with zero attached hydrogens (tertiary/aromatic N) is 1. The molecule has 0 bridgehead atoms. The highest BCUT2D eigenvalue weighted by Gasteiger charge is 2.41. The molecular weight excluding hydrogens is 334 g/mol. The van der Waals surface area contributed by atoms with Crippen LogP contribution in [0.3, 0.4) is 0 Å². The van der Waals surface area contributed by atoms with Crippen LogP contribution in [0, 0.1) is 5.92 Å². The molecule has 6 heteroatoms. The zero-order valence-electron chi connectivity index (χ0n) is 14.7. The van der Waals surface area contributed by atoms with E-state index in [-0.39, 0.29) is 18.4 Å². The fraction of sp³-hybridized carbons (Fsp3) is 0.300. The summed E-state index contributed by atoms with van der Waals surface area (Å²) in [6.45, 7) is 0.526. The van der Waals surface area contributed by atoms with E-state index in [1.807, 2.05) is 30.3 Å². The molecule has 1 fully saturated rings. The second kappa shape index (κ2) is 7.47. The summed E-state index contributed by atoms with van der Waals surface area (Å²) in [7, 11) is 3.03. The Morgan fingerprint density at radius 3 is 2.38 bits per heavy atom. The van der Waals surface area contributed by atoms with Crippen LogP contribution in [0.15, 0.2) is 48.5 Å². The molecule has 0 aliphatic carbocycles. The molecule has 1 aliphatic heterocycles. The van der Waals surface area contributed by atoms with E-state index < -0.39 is 11.9 Å². The average Bonchev–Trinajstić information content (AvgIpc) is 3.13. The van der Waals surface area contributed by atoms with E-state index in [1.54, 1.807) is 30.2 Å². The molecule has 0 unspecified atom stereocenters. The molecule has 2 aromatic carbocycles. The number of amides is 1. The van der Waals surface area contributed by atoms with E-state index in [1.165, 1.54) is 7.11 Å². The van der Waals surface area contributed by atoms with Crippen molar-refractivity contribution < 1.29 is 24.2 Å². The number of likely N-dealkylation sites (tertiary alicyclic amines) is 1. The van der Waals surface area contributed by atoms with Gasteiger partial charge in [0.05, 0.1) is 25.7 Å². The first-order valence-electron chi connectivity index (χ1n) is 8.34. The van der Waals surface area contributed by atoms with Crippen molar-refractivity contribution in [3.8, 4) is 11.5 Å². The van der Waals surface area contributed by atoms with Crippen LogP contribution in [-0.2, 0) is 4.79 Å². The summed E-state index contributed by atoms with van der Waals surface area (Å²) in [5, 5.41) is 9.60. The Balaban J connectivity index is 1.88. The third-order valence-corrected chi connectivity index (χ3v) is 4.79. The Hall–Kier alpha value is -3.02. The summed E-state index contributed by atoms with van der Waals surface area (Å²) in [6.07, 6.45) is 0. The van der Waals surface area contributed by atoms with Gasteiger partial charge in [0.2, 0.25) is 0 Å². The molecule has 1 saturated heterocycles. The summed E-state index contributed by atoms with van der Waals surface area (Å²) >= 11 is 0. The minimum absolute atomic E-state index is 0.170. The van der Waals surface area contributed by atoms with Crippen LogP contribution < -0.4 is 9.47 Å². The number of benzene rings is 2. The Morgan fingerprint density at radius 1 is 1.04 bits per heavy atom. The molecule has 6 nitrogen and oxygen atoms in total. The molecule has 2 aromatic rings. The van der Waals surface area contributed by atoms with Gasteiger partial charge in [0, 0.05) is 25.1 Å². The lowest BCUT2D eigenvalue weighted by atomic mass is 9.89. The molecule has 2 atom stereocenters. The first-order valence-corrected chi connectivity index (χ1v) is 8.34. The highest BCUT2D eigenvalue weighted by Crippen LogP contribution is 2.35. The predicted molar refractivity (Wildman–Crippen MR) is 95.8 cm³/mol. The van der Waals surface area contributed by atoms with Crippen LogP contribution in [0.4, 0.5) is 0 Å². The SMILES string of the molecule is COc1ccc(C(=O)N2C[C@H](C(=O)O)[C@H](c3ccccc3)C2)c(OC)c1. The summed E-state index contributed by atoms with van der Waals surface area (Å²) < 4.78 is 10.5. The molecular formula is C20H21NO5. The molecule has 0 spiro atoms. The normalized spacial score (nSPS) is 19.2. The zero-order chi connectivity index (χ0) is 18.7. The largest absolute Gasteiger partial charge is 0.497 e. The van der Waals surface area contributed by atoms with Crippen molar-refractivity contribution in [3.05, 3.63) is 59.7 Å². The molecule has 0 radical (unpaired) electrons. The Bertz CT molecular complexity index is 805. The number of aliphatic carboxylic acids is 1. The second-order valence-electron chi connectivity index (χ2n) is 6.24. The van der Waals surface area contributed by atoms with Crippen LogP contribution in [0.1, 0.15) is 21.8 Å². The van der Waals surface area contributed by atoms with Crippen molar-refractivity contribution in [2.75, 3.05) is 27.3 Å². The molecule has 1 aliphatic rings. The van der Waals surface area contributed by atoms with Crippen LogP contribution in [0.25, 0.3) is 0 Å². The highest BCUT2D eigenvalue weighted by molar-refractivity contribution is 5.97. The lowest BCUT2D eigenvalue weighted by molar-refractivity contribution is -0.141. The smallest absolute Gasteiger partial charge is 0.308 e. The number of methoxy groups -OCH3 is 2. The maximum Gasteiger partial charge on any atom is 0.308 e. The van der Waals surface area contributed by atoms with Gasteiger partial charge in [0.15, 0.2) is 0 Å². The third-order valence-electron chi connectivity index (χ3n) is 4.79. The van der Waals surface area contributed by atoms with Crippen LogP contribution >= 0.6 is 0 Å². The van der Waals surface area contributed by atoms with Crippen LogP contribution in [0.2, 0.25) is 0 Å². The van der Waals surface area contributed by atoms with Gasteiger partial charge in [-0.1, -0.05) is 30.3 Å². The molecule has 136 valence electrons. The minimum atomic E-state index is -0.893. The first-order chi connectivity index (χ1) is 12.5. The number of carbonyl (C=O) groups is 2. The Morgan fingerprint density at radius 2 is 1.77 bits per heavy atom. The average molecular weight is 355 g/mol. The molecule has 1 amide bonds. The van der Waals surface area contributed by atoms with E-state index in [0.717, 1.165) is 5.56 Å². The maximum atomic E-state index is 13.0. The Kier molecular flexibility index (Phi) is 5.11. The molecule has 26 heavy (non-hydrogen) atoms. The fourth-order valence-corrected chi connectivity index (χ4v) is 3.40. The molecule has 0 saturated carbocycles. The van der Waals surface area contributed by atoms with Gasteiger partial charge in [-0.3, -0.25) is 9.59 Å². The van der Waals surface area contributed by atoms with Crippen molar-refractivity contribution in [2.45, 2.75) is 5.92 Å². The summed E-state index contributed by atoms with van der Waals surface area (Å²) in [4.78, 5) is 26.3. The van der Waals surface area contributed by atoms with Crippen molar-refractivity contribution >= 4 is 11.9 Å². The maximum absolute atomic E-state index is 13.0. The number of hydrogen-bond acceptors (Lipinski definition) is 4. The monoisotopic (exact) mass is 355 g/mol. The van der Waals surface area contributed by atoms with Gasteiger partial charge >= 0.3 is 5.97 Å². The van der Waals surface area contributed by atoms with Crippen molar-refractivity contribution in [3.63, 3.8) is 0 Å². The van der Waals surface area contributed by atoms with Crippen molar-refractivity contribution in [1.29, 1.82) is 0 Å². The number of carbonyl (C=O) groups excluding carboxylic acids is 1.